The van der Waals surface area contributed by atoms with Crippen molar-refractivity contribution in [3.05, 3.63) is 52.0 Å². The van der Waals surface area contributed by atoms with Gasteiger partial charge in [0.05, 0.1) is 18.2 Å². The molecule has 0 unspecified atom stereocenters. The van der Waals surface area contributed by atoms with E-state index in [1.165, 1.54) is 28.6 Å². The minimum Gasteiger partial charge on any atom is -0.365 e. The molecule has 1 fully saturated rings. The first-order valence-electron chi connectivity index (χ1n) is 11.5. The fourth-order valence-electron chi connectivity index (χ4n) is 5.02. The van der Waals surface area contributed by atoms with E-state index in [2.05, 4.69) is 50.3 Å². The molecule has 0 spiro atoms. The van der Waals surface area contributed by atoms with Crippen molar-refractivity contribution >= 4 is 23.3 Å². The number of halogens is 3. The van der Waals surface area contributed by atoms with Crippen LogP contribution in [0.3, 0.4) is 0 Å². The van der Waals surface area contributed by atoms with Gasteiger partial charge in [0.1, 0.15) is 12.0 Å². The fourth-order valence-corrected chi connectivity index (χ4v) is 5.02. The first-order valence-corrected chi connectivity index (χ1v) is 11.5. The van der Waals surface area contributed by atoms with Crippen molar-refractivity contribution < 1.29 is 13.2 Å². The lowest BCUT2D eigenvalue weighted by Gasteiger charge is -2.33. The molecule has 1 N–H and O–H groups in total. The van der Waals surface area contributed by atoms with Crippen LogP contribution in [0.1, 0.15) is 47.2 Å². The number of aromatic nitrogens is 2. The third-order valence-electron chi connectivity index (χ3n) is 6.83. The van der Waals surface area contributed by atoms with Crippen LogP contribution < -0.4 is 5.32 Å². The first-order chi connectivity index (χ1) is 16.3. The second-order valence-electron chi connectivity index (χ2n) is 9.24. The Morgan fingerprint density at radius 1 is 1.18 bits per heavy atom. The summed E-state index contributed by atoms with van der Waals surface area (Å²) in [6.45, 7) is 4.80. The summed E-state index contributed by atoms with van der Waals surface area (Å²) in [4.78, 5) is 15.0. The SMILES string of the molecule is Cc1c(CN2CCC(Nc3ncnc4c3N=C(CC(F)(F)F)C4)CC2)ccc2c1C=C(C#N)C2. The van der Waals surface area contributed by atoms with E-state index >= 15 is 0 Å². The van der Waals surface area contributed by atoms with Gasteiger partial charge in [-0.3, -0.25) is 9.89 Å². The van der Waals surface area contributed by atoms with Crippen molar-refractivity contribution in [3.8, 4) is 6.07 Å². The maximum Gasteiger partial charge on any atom is 0.394 e. The molecule has 1 aromatic heterocycles. The summed E-state index contributed by atoms with van der Waals surface area (Å²) in [5.41, 5.74) is 6.83. The van der Waals surface area contributed by atoms with Gasteiger partial charge in [-0.05, 0) is 48.1 Å². The van der Waals surface area contributed by atoms with Gasteiger partial charge < -0.3 is 5.32 Å². The van der Waals surface area contributed by atoms with E-state index in [1.54, 1.807) is 0 Å². The van der Waals surface area contributed by atoms with Gasteiger partial charge in [0.2, 0.25) is 0 Å². The highest BCUT2D eigenvalue weighted by Crippen LogP contribution is 2.35. The highest BCUT2D eigenvalue weighted by atomic mass is 19.4. The number of rotatable bonds is 5. The Hall–Kier alpha value is -3.25. The van der Waals surface area contributed by atoms with E-state index in [1.807, 2.05) is 6.08 Å². The number of fused-ring (bicyclic) bond motifs is 2. The van der Waals surface area contributed by atoms with Crippen molar-refractivity contribution in [2.75, 3.05) is 18.4 Å². The number of hydrogen-bond acceptors (Lipinski definition) is 6. The molecule has 2 aromatic rings. The molecular formula is C25H25F3N6. The number of nitrogens with one attached hydrogen (secondary N) is 1. The number of aliphatic imine (C=N–C) groups is 1. The summed E-state index contributed by atoms with van der Waals surface area (Å²) in [6, 6.07) is 6.76. The van der Waals surface area contributed by atoms with Crippen LogP contribution in [0.4, 0.5) is 24.7 Å². The number of nitrogens with zero attached hydrogens (tertiary/aromatic N) is 5. The second kappa shape index (κ2) is 8.84. The molecule has 3 heterocycles. The molecule has 0 saturated carbocycles. The third-order valence-corrected chi connectivity index (χ3v) is 6.83. The van der Waals surface area contributed by atoms with Gasteiger partial charge in [0.25, 0.3) is 0 Å². The van der Waals surface area contributed by atoms with E-state index in [4.69, 9.17) is 0 Å². The van der Waals surface area contributed by atoms with Crippen LogP contribution >= 0.6 is 0 Å². The van der Waals surface area contributed by atoms with Crippen LogP contribution in [0.15, 0.2) is 29.0 Å². The van der Waals surface area contributed by atoms with Gasteiger partial charge in [-0.2, -0.15) is 18.4 Å². The molecule has 1 aliphatic carbocycles. The van der Waals surface area contributed by atoms with E-state index in [0.29, 0.717) is 17.2 Å². The molecule has 3 aliphatic rings. The van der Waals surface area contributed by atoms with Crippen molar-refractivity contribution in [1.29, 1.82) is 5.26 Å². The quantitative estimate of drug-likeness (QED) is 0.678. The minimum atomic E-state index is -4.28. The molecule has 1 aromatic carbocycles. The molecule has 34 heavy (non-hydrogen) atoms. The van der Waals surface area contributed by atoms with Gasteiger partial charge in [0.15, 0.2) is 5.82 Å². The van der Waals surface area contributed by atoms with Crippen LogP contribution in [0.2, 0.25) is 0 Å². The first kappa shape index (κ1) is 22.5. The maximum absolute atomic E-state index is 12.8. The molecule has 5 rings (SSSR count). The number of allylic oxidation sites excluding steroid dienone is 1. The Morgan fingerprint density at radius 3 is 2.71 bits per heavy atom. The Morgan fingerprint density at radius 2 is 1.97 bits per heavy atom. The van der Waals surface area contributed by atoms with Crippen molar-refractivity contribution in [2.24, 2.45) is 4.99 Å². The predicted molar refractivity (Wildman–Crippen MR) is 124 cm³/mol. The topological polar surface area (TPSA) is 77.2 Å². The average Bonchev–Trinajstić information content (AvgIpc) is 3.40. The number of likely N-dealkylation sites (tertiary alicyclic amines) is 1. The van der Waals surface area contributed by atoms with Gasteiger partial charge in [-0.25, -0.2) is 9.97 Å². The average molecular weight is 467 g/mol. The number of hydrogen-bond donors (Lipinski definition) is 1. The van der Waals surface area contributed by atoms with Crippen molar-refractivity contribution in [2.45, 2.75) is 57.8 Å². The van der Waals surface area contributed by atoms with Crippen LogP contribution in [-0.4, -0.2) is 45.9 Å². The number of benzene rings is 1. The molecule has 2 aliphatic heterocycles. The molecule has 0 bridgehead atoms. The van der Waals surface area contributed by atoms with E-state index in [-0.39, 0.29) is 18.2 Å². The number of piperidine rings is 1. The Balaban J connectivity index is 1.20. The molecule has 6 nitrogen and oxygen atoms in total. The van der Waals surface area contributed by atoms with Crippen molar-refractivity contribution in [3.63, 3.8) is 0 Å². The normalized spacial score (nSPS) is 18.2. The second-order valence-corrected chi connectivity index (χ2v) is 9.24. The summed E-state index contributed by atoms with van der Waals surface area (Å²) >= 11 is 0. The largest absolute Gasteiger partial charge is 0.394 e. The van der Waals surface area contributed by atoms with Gasteiger partial charge in [0, 0.05) is 49.8 Å². The predicted octanol–water partition coefficient (Wildman–Crippen LogP) is 4.91. The number of alkyl halides is 3. The van der Waals surface area contributed by atoms with E-state index in [0.717, 1.165) is 44.5 Å². The monoisotopic (exact) mass is 466 g/mol. The van der Waals surface area contributed by atoms with Crippen LogP contribution in [0, 0.1) is 18.3 Å². The standard InChI is InChI=1S/C25H25F3N6/c1-15-18(3-2-17-8-16(12-29)9-21(15)17)13-34-6-4-19(5-7-34)33-24-23-22(30-14-31-24)10-20(32-23)11-25(26,27)28/h2-3,9,14,19H,4-8,10-11,13H2,1H3,(H,30,31,33). The summed E-state index contributed by atoms with van der Waals surface area (Å²) in [5.74, 6) is 0.523. The van der Waals surface area contributed by atoms with Crippen molar-refractivity contribution in [1.82, 2.24) is 14.9 Å². The molecule has 9 heteroatoms. The zero-order valence-electron chi connectivity index (χ0n) is 18.9. The zero-order valence-corrected chi connectivity index (χ0v) is 18.9. The molecule has 176 valence electrons. The van der Waals surface area contributed by atoms with Gasteiger partial charge in [-0.1, -0.05) is 12.1 Å². The van der Waals surface area contributed by atoms with Crippen LogP contribution in [-0.2, 0) is 19.4 Å². The van der Waals surface area contributed by atoms with Gasteiger partial charge in [-0.15, -0.1) is 0 Å². The molecule has 0 atom stereocenters. The van der Waals surface area contributed by atoms with E-state index in [9.17, 15) is 18.4 Å². The molecule has 0 radical (unpaired) electrons. The highest BCUT2D eigenvalue weighted by molar-refractivity contribution is 5.95. The minimum absolute atomic E-state index is 0.0855. The molecular weight excluding hydrogens is 441 g/mol. The lowest BCUT2D eigenvalue weighted by molar-refractivity contribution is -0.121. The lowest BCUT2D eigenvalue weighted by Crippen LogP contribution is -2.39. The molecule has 1 saturated heterocycles. The van der Waals surface area contributed by atoms with E-state index < -0.39 is 12.6 Å². The number of nitriles is 1. The Labute approximate surface area is 196 Å². The van der Waals surface area contributed by atoms with Gasteiger partial charge >= 0.3 is 6.18 Å². The Kier molecular flexibility index (Phi) is 5.86. The summed E-state index contributed by atoms with van der Waals surface area (Å²) in [7, 11) is 0. The Bertz CT molecular complexity index is 1220. The smallest absolute Gasteiger partial charge is 0.365 e. The highest BCUT2D eigenvalue weighted by Gasteiger charge is 2.33. The summed E-state index contributed by atoms with van der Waals surface area (Å²) in [6.07, 6.45) is 0.754. The maximum atomic E-state index is 12.8. The third kappa shape index (κ3) is 4.68. The lowest BCUT2D eigenvalue weighted by atomic mass is 9.97. The number of anilines is 1. The molecule has 0 amide bonds. The van der Waals surface area contributed by atoms with Crippen LogP contribution in [0.25, 0.3) is 6.08 Å². The van der Waals surface area contributed by atoms with Crippen LogP contribution in [0.5, 0.6) is 0 Å². The summed E-state index contributed by atoms with van der Waals surface area (Å²) < 4.78 is 38.3. The summed E-state index contributed by atoms with van der Waals surface area (Å²) in [5, 5.41) is 12.6. The zero-order chi connectivity index (χ0) is 23.9. The fraction of sp³-hybridized carbons (Fsp3) is 0.440.